The highest BCUT2D eigenvalue weighted by atomic mass is 19.1. The highest BCUT2D eigenvalue weighted by molar-refractivity contribution is 6.06. The van der Waals surface area contributed by atoms with Crippen molar-refractivity contribution in [1.29, 1.82) is 0 Å². The van der Waals surface area contributed by atoms with Gasteiger partial charge in [-0.25, -0.2) is 4.39 Å². The molecule has 25 heavy (non-hydrogen) atoms. The number of carbonyl (C=O) groups is 2. The van der Waals surface area contributed by atoms with E-state index in [1.165, 1.54) is 0 Å². The fraction of sp³-hybridized carbons (Fsp3) is 0.619. The van der Waals surface area contributed by atoms with E-state index in [0.29, 0.717) is 25.0 Å². The van der Waals surface area contributed by atoms with Gasteiger partial charge >= 0.3 is 0 Å². The molecular formula is C21H26FNO2. The molecule has 0 amide bonds. The lowest BCUT2D eigenvalue weighted by molar-refractivity contribution is -0.134. The zero-order valence-electron chi connectivity index (χ0n) is 15.2. The topological polar surface area (TPSA) is 60.2 Å². The van der Waals surface area contributed by atoms with Crippen LogP contribution < -0.4 is 5.73 Å². The molecule has 0 unspecified atom stereocenters. The van der Waals surface area contributed by atoms with E-state index in [4.69, 9.17) is 5.73 Å². The minimum Gasteiger partial charge on any atom is -0.395 e. The molecule has 0 spiro atoms. The van der Waals surface area contributed by atoms with E-state index in [0.717, 1.165) is 23.1 Å². The van der Waals surface area contributed by atoms with Gasteiger partial charge in [-0.15, -0.1) is 0 Å². The Bertz CT molecular complexity index is 779. The van der Waals surface area contributed by atoms with E-state index in [2.05, 4.69) is 13.5 Å². The van der Waals surface area contributed by atoms with Crippen molar-refractivity contribution in [2.45, 2.75) is 52.6 Å². The number of ketones is 2. The standard InChI is InChI=1S/C21H26FNO2/c1-10-7-12-13(5-6-20(3)14(12)9-15(22)19(20)25)21(4)11(2)8-16(24)18(23)17(10)21/h8,12-15H,1,5-7,9,23H2,2-4H3/t12-,13+,14+,15-,20+,21-/m1/s1. The second-order valence-corrected chi connectivity index (χ2v) is 8.89. The molecule has 0 aromatic heterocycles. The smallest absolute Gasteiger partial charge is 0.201 e. The van der Waals surface area contributed by atoms with Crippen LogP contribution in [0.25, 0.3) is 0 Å². The van der Waals surface area contributed by atoms with E-state index in [1.807, 2.05) is 13.8 Å². The summed E-state index contributed by atoms with van der Waals surface area (Å²) >= 11 is 0. The van der Waals surface area contributed by atoms with E-state index in [9.17, 15) is 14.0 Å². The molecule has 0 aromatic carbocycles. The van der Waals surface area contributed by atoms with Crippen LogP contribution in [0.1, 0.15) is 46.5 Å². The fourth-order valence-corrected chi connectivity index (χ4v) is 6.48. The monoisotopic (exact) mass is 343 g/mol. The minimum absolute atomic E-state index is 0.0514. The van der Waals surface area contributed by atoms with Crippen LogP contribution >= 0.6 is 0 Å². The molecule has 4 rings (SSSR count). The van der Waals surface area contributed by atoms with Crippen molar-refractivity contribution >= 4 is 11.6 Å². The zero-order valence-corrected chi connectivity index (χ0v) is 15.2. The van der Waals surface area contributed by atoms with Crippen molar-refractivity contribution in [2.75, 3.05) is 0 Å². The maximum absolute atomic E-state index is 14.3. The summed E-state index contributed by atoms with van der Waals surface area (Å²) in [7, 11) is 0. The van der Waals surface area contributed by atoms with E-state index < -0.39 is 11.6 Å². The van der Waals surface area contributed by atoms with Gasteiger partial charge in [-0.3, -0.25) is 9.59 Å². The first kappa shape index (κ1) is 16.7. The maximum atomic E-state index is 14.3. The Morgan fingerprint density at radius 3 is 2.64 bits per heavy atom. The zero-order chi connectivity index (χ0) is 18.3. The number of carbonyl (C=O) groups excluding carboxylic acids is 2. The average Bonchev–Trinajstić information content (AvgIpc) is 2.77. The van der Waals surface area contributed by atoms with Crippen LogP contribution in [0.2, 0.25) is 0 Å². The number of alkyl halides is 1. The molecule has 0 aliphatic heterocycles. The Labute approximate surface area is 148 Å². The molecule has 4 aliphatic carbocycles. The van der Waals surface area contributed by atoms with Crippen molar-refractivity contribution in [3.63, 3.8) is 0 Å². The lowest BCUT2D eigenvalue weighted by Crippen LogP contribution is -2.52. The maximum Gasteiger partial charge on any atom is 0.201 e. The number of allylic oxidation sites excluding steroid dienone is 4. The average molecular weight is 343 g/mol. The summed E-state index contributed by atoms with van der Waals surface area (Å²) in [5.41, 5.74) is 8.41. The van der Waals surface area contributed by atoms with Crippen molar-refractivity contribution in [2.24, 2.45) is 34.3 Å². The highest BCUT2D eigenvalue weighted by Gasteiger charge is 2.63. The summed E-state index contributed by atoms with van der Waals surface area (Å²) in [4.78, 5) is 24.7. The number of hydrogen-bond acceptors (Lipinski definition) is 3. The van der Waals surface area contributed by atoms with E-state index in [1.54, 1.807) is 6.08 Å². The number of rotatable bonds is 0. The molecule has 4 aliphatic rings. The normalized spacial score (nSPS) is 46.6. The number of hydrogen-bond donors (Lipinski definition) is 1. The molecule has 3 nitrogen and oxygen atoms in total. The predicted molar refractivity (Wildman–Crippen MR) is 94.2 cm³/mol. The molecule has 6 atom stereocenters. The van der Waals surface area contributed by atoms with Gasteiger partial charge in [0.25, 0.3) is 0 Å². The van der Waals surface area contributed by atoms with Crippen molar-refractivity contribution < 1.29 is 14.0 Å². The number of halogens is 1. The van der Waals surface area contributed by atoms with Crippen LogP contribution in [0.15, 0.2) is 35.1 Å². The summed E-state index contributed by atoms with van der Waals surface area (Å²) < 4.78 is 14.3. The van der Waals surface area contributed by atoms with Crippen LogP contribution in [0, 0.1) is 28.6 Å². The lowest BCUT2D eigenvalue weighted by Gasteiger charge is -2.57. The van der Waals surface area contributed by atoms with E-state index >= 15 is 0 Å². The highest BCUT2D eigenvalue weighted by Crippen LogP contribution is 2.66. The molecule has 0 radical (unpaired) electrons. The van der Waals surface area contributed by atoms with Crippen molar-refractivity contribution in [1.82, 2.24) is 0 Å². The molecule has 4 heteroatoms. The molecule has 3 saturated carbocycles. The second-order valence-electron chi connectivity index (χ2n) is 8.89. The Morgan fingerprint density at radius 2 is 1.96 bits per heavy atom. The van der Waals surface area contributed by atoms with Gasteiger partial charge in [0.15, 0.2) is 12.0 Å². The summed E-state index contributed by atoms with van der Waals surface area (Å²) in [5.74, 6) is 0.195. The predicted octanol–water partition coefficient (Wildman–Crippen LogP) is 3.65. The van der Waals surface area contributed by atoms with Crippen LogP contribution in [-0.2, 0) is 9.59 Å². The third kappa shape index (κ3) is 1.86. The van der Waals surface area contributed by atoms with Gasteiger partial charge in [-0.1, -0.05) is 26.0 Å². The van der Waals surface area contributed by atoms with Crippen molar-refractivity contribution in [3.05, 3.63) is 35.1 Å². The van der Waals surface area contributed by atoms with E-state index in [-0.39, 0.29) is 34.7 Å². The molecule has 2 N–H and O–H groups in total. The Balaban J connectivity index is 1.84. The van der Waals surface area contributed by atoms with Gasteiger partial charge in [0.2, 0.25) is 5.78 Å². The third-order valence-electron chi connectivity index (χ3n) is 7.93. The molecule has 134 valence electrons. The van der Waals surface area contributed by atoms with Gasteiger partial charge < -0.3 is 5.73 Å². The molecular weight excluding hydrogens is 317 g/mol. The first-order chi connectivity index (χ1) is 11.6. The second kappa shape index (κ2) is 4.93. The SMILES string of the molecule is C=C1C[C@@H]2[C@H](CC[C@]3(C)C(=O)[C@H](F)C[C@@H]23)[C@@]2(C)C(C)=CC(=O)C(N)=C12. The van der Waals surface area contributed by atoms with Crippen LogP contribution in [0.5, 0.6) is 0 Å². The third-order valence-corrected chi connectivity index (χ3v) is 7.93. The van der Waals surface area contributed by atoms with Crippen molar-refractivity contribution in [3.8, 4) is 0 Å². The molecule has 0 saturated heterocycles. The summed E-state index contributed by atoms with van der Waals surface area (Å²) in [5, 5.41) is 0. The minimum atomic E-state index is -1.33. The molecule has 0 bridgehead atoms. The summed E-state index contributed by atoms with van der Waals surface area (Å²) in [6, 6.07) is 0. The van der Waals surface area contributed by atoms with Gasteiger partial charge in [0.1, 0.15) is 0 Å². The Kier molecular flexibility index (Phi) is 3.30. The number of fused-ring (bicyclic) bond motifs is 5. The van der Waals surface area contributed by atoms with Crippen LogP contribution in [0.4, 0.5) is 4.39 Å². The Morgan fingerprint density at radius 1 is 1.28 bits per heavy atom. The van der Waals surface area contributed by atoms with Crippen LogP contribution in [0.3, 0.4) is 0 Å². The summed E-state index contributed by atoms with van der Waals surface area (Å²) in [6.45, 7) is 10.3. The molecule has 0 aromatic rings. The lowest BCUT2D eigenvalue weighted by atomic mass is 9.46. The number of nitrogens with two attached hydrogens (primary N) is 1. The van der Waals surface area contributed by atoms with Gasteiger partial charge in [-0.2, -0.15) is 0 Å². The quantitative estimate of drug-likeness (QED) is 0.730. The fourth-order valence-electron chi connectivity index (χ4n) is 6.48. The number of Topliss-reactive ketones (excluding diaryl/α,β-unsaturated/α-hetero) is 1. The Hall–Kier alpha value is -1.71. The first-order valence-electron chi connectivity index (χ1n) is 9.22. The first-order valence-corrected chi connectivity index (χ1v) is 9.22. The summed E-state index contributed by atoms with van der Waals surface area (Å²) in [6.07, 6.45) is 2.93. The van der Waals surface area contributed by atoms with Gasteiger partial charge in [-0.05, 0) is 67.6 Å². The van der Waals surface area contributed by atoms with Crippen LogP contribution in [-0.4, -0.2) is 17.7 Å². The molecule has 3 fully saturated rings. The van der Waals surface area contributed by atoms with Gasteiger partial charge in [0, 0.05) is 10.8 Å². The molecule has 0 heterocycles. The van der Waals surface area contributed by atoms with Gasteiger partial charge in [0.05, 0.1) is 5.70 Å². The largest absolute Gasteiger partial charge is 0.395 e.